The van der Waals surface area contributed by atoms with Gasteiger partial charge in [0, 0.05) is 6.04 Å². The van der Waals surface area contributed by atoms with Crippen molar-refractivity contribution in [3.05, 3.63) is 47.5 Å². The van der Waals surface area contributed by atoms with Crippen LogP contribution >= 0.6 is 0 Å². The van der Waals surface area contributed by atoms with Gasteiger partial charge in [-0.05, 0) is 37.9 Å². The highest BCUT2D eigenvalue weighted by molar-refractivity contribution is 5.25. The number of rotatable bonds is 5. The maximum absolute atomic E-state index is 3.96. The van der Waals surface area contributed by atoms with Crippen LogP contribution in [0.2, 0.25) is 0 Å². The van der Waals surface area contributed by atoms with Crippen LogP contribution in [0.1, 0.15) is 37.4 Å². The Morgan fingerprint density at radius 2 is 1.93 bits per heavy atom. The lowest BCUT2D eigenvalue weighted by Gasteiger charge is -2.16. The lowest BCUT2D eigenvalue weighted by Crippen LogP contribution is -2.16. The Bertz CT molecular complexity index is 311. The maximum atomic E-state index is 3.96. The normalized spacial score (nSPS) is 12.5. The molecule has 1 aromatic rings. The molecule has 0 fully saturated rings. The van der Waals surface area contributed by atoms with Crippen LogP contribution in [0.5, 0.6) is 0 Å². The average molecular weight is 203 g/mol. The summed E-state index contributed by atoms with van der Waals surface area (Å²) >= 11 is 0. The first-order valence-electron chi connectivity index (χ1n) is 5.57. The van der Waals surface area contributed by atoms with Gasteiger partial charge in [0.25, 0.3) is 0 Å². The summed E-state index contributed by atoms with van der Waals surface area (Å²) in [6.07, 6.45) is 2.10. The van der Waals surface area contributed by atoms with Crippen molar-refractivity contribution >= 4 is 0 Å². The first kappa shape index (κ1) is 12.0. The number of aryl methyl sites for hydroxylation is 1. The Morgan fingerprint density at radius 3 is 2.33 bits per heavy atom. The summed E-state index contributed by atoms with van der Waals surface area (Å²) in [6, 6.07) is 9.23. The molecule has 0 aliphatic carbocycles. The van der Waals surface area contributed by atoms with Crippen LogP contribution in [0.25, 0.3) is 0 Å². The lowest BCUT2D eigenvalue weighted by atomic mass is 9.99. The van der Waals surface area contributed by atoms with Gasteiger partial charge in [-0.3, -0.25) is 0 Å². The highest BCUT2D eigenvalue weighted by atomic mass is 14.9. The van der Waals surface area contributed by atoms with Gasteiger partial charge in [-0.2, -0.15) is 0 Å². The van der Waals surface area contributed by atoms with Crippen molar-refractivity contribution in [1.82, 2.24) is 5.32 Å². The number of hydrogen-bond acceptors (Lipinski definition) is 1. The first-order chi connectivity index (χ1) is 7.17. The van der Waals surface area contributed by atoms with E-state index in [4.69, 9.17) is 0 Å². The molecule has 1 nitrogen and oxygen atoms in total. The van der Waals surface area contributed by atoms with E-state index < -0.39 is 0 Å². The summed E-state index contributed by atoms with van der Waals surface area (Å²) in [7, 11) is 2.00. The van der Waals surface area contributed by atoms with Gasteiger partial charge < -0.3 is 5.32 Å². The molecule has 0 saturated carbocycles. The van der Waals surface area contributed by atoms with Crippen molar-refractivity contribution < 1.29 is 0 Å². The van der Waals surface area contributed by atoms with Gasteiger partial charge in [-0.1, -0.05) is 36.8 Å². The Morgan fingerprint density at radius 1 is 1.33 bits per heavy atom. The summed E-state index contributed by atoms with van der Waals surface area (Å²) in [4.78, 5) is 0. The molecule has 0 aromatic heterocycles. The molecule has 0 radical (unpaired) electrons. The molecule has 1 unspecified atom stereocenters. The minimum absolute atomic E-state index is 0.397. The monoisotopic (exact) mass is 203 g/mol. The molecule has 0 saturated heterocycles. The van der Waals surface area contributed by atoms with Crippen LogP contribution < -0.4 is 5.32 Å². The van der Waals surface area contributed by atoms with E-state index in [1.54, 1.807) is 0 Å². The molecule has 82 valence electrons. The summed E-state index contributed by atoms with van der Waals surface area (Å²) in [6.45, 7) is 8.22. The topological polar surface area (TPSA) is 12.0 Å². The minimum atomic E-state index is 0.397. The molecule has 0 aliphatic rings. The summed E-state index contributed by atoms with van der Waals surface area (Å²) in [5, 5.41) is 3.33. The number of benzene rings is 1. The van der Waals surface area contributed by atoms with Crippen molar-refractivity contribution in [3.8, 4) is 0 Å². The van der Waals surface area contributed by atoms with E-state index in [1.807, 2.05) is 7.05 Å². The second-order valence-corrected chi connectivity index (χ2v) is 4.10. The molecule has 1 heteroatoms. The van der Waals surface area contributed by atoms with Crippen molar-refractivity contribution in [1.29, 1.82) is 0 Å². The Kier molecular flexibility index (Phi) is 4.57. The van der Waals surface area contributed by atoms with Crippen LogP contribution in [-0.4, -0.2) is 7.05 Å². The van der Waals surface area contributed by atoms with Crippen molar-refractivity contribution in [2.24, 2.45) is 0 Å². The third-order valence-electron chi connectivity index (χ3n) is 2.69. The van der Waals surface area contributed by atoms with E-state index in [0.717, 1.165) is 12.8 Å². The molecule has 15 heavy (non-hydrogen) atoms. The van der Waals surface area contributed by atoms with Gasteiger partial charge in [0.1, 0.15) is 0 Å². The summed E-state index contributed by atoms with van der Waals surface area (Å²) < 4.78 is 0. The predicted octanol–water partition coefficient (Wildman–Crippen LogP) is 3.48. The zero-order chi connectivity index (χ0) is 11.3. The number of nitrogens with one attached hydrogen (secondary N) is 1. The van der Waals surface area contributed by atoms with Crippen LogP contribution in [0.4, 0.5) is 0 Å². The minimum Gasteiger partial charge on any atom is -0.313 e. The second-order valence-electron chi connectivity index (χ2n) is 4.10. The standard InChI is InChI=1S/C14H21N/c1-5-12-6-8-13(9-7-12)14(15-4)10-11(2)3/h6-9,14-15H,2,5,10H2,1,3-4H3. The van der Waals surface area contributed by atoms with Crippen molar-refractivity contribution in [2.45, 2.75) is 32.7 Å². The smallest absolute Gasteiger partial charge is 0.0354 e. The molecule has 0 bridgehead atoms. The van der Waals surface area contributed by atoms with Gasteiger partial charge >= 0.3 is 0 Å². The quantitative estimate of drug-likeness (QED) is 0.722. The van der Waals surface area contributed by atoms with E-state index in [1.165, 1.54) is 16.7 Å². The van der Waals surface area contributed by atoms with Crippen LogP contribution in [0.15, 0.2) is 36.4 Å². The highest BCUT2D eigenvalue weighted by Crippen LogP contribution is 2.20. The van der Waals surface area contributed by atoms with Crippen LogP contribution in [-0.2, 0) is 6.42 Å². The molecule has 0 spiro atoms. The van der Waals surface area contributed by atoms with E-state index in [2.05, 4.69) is 50.0 Å². The maximum Gasteiger partial charge on any atom is 0.0354 e. The lowest BCUT2D eigenvalue weighted by molar-refractivity contribution is 0.589. The second kappa shape index (κ2) is 5.72. The van der Waals surface area contributed by atoms with Gasteiger partial charge in [0.05, 0.1) is 0 Å². The summed E-state index contributed by atoms with van der Waals surface area (Å²) in [5.41, 5.74) is 3.95. The fraction of sp³-hybridized carbons (Fsp3) is 0.429. The van der Waals surface area contributed by atoms with E-state index in [0.29, 0.717) is 6.04 Å². The van der Waals surface area contributed by atoms with Crippen molar-refractivity contribution in [2.75, 3.05) is 7.05 Å². The third-order valence-corrected chi connectivity index (χ3v) is 2.69. The zero-order valence-electron chi connectivity index (χ0n) is 10.0. The highest BCUT2D eigenvalue weighted by Gasteiger charge is 2.08. The SMILES string of the molecule is C=C(C)CC(NC)c1ccc(CC)cc1. The zero-order valence-corrected chi connectivity index (χ0v) is 10.0. The molecule has 0 heterocycles. The van der Waals surface area contributed by atoms with Gasteiger partial charge in [0.2, 0.25) is 0 Å². The average Bonchev–Trinajstić information content (AvgIpc) is 2.26. The Balaban J connectivity index is 2.78. The third kappa shape index (κ3) is 3.52. The molecular formula is C14H21N. The molecule has 0 amide bonds. The van der Waals surface area contributed by atoms with Crippen LogP contribution in [0, 0.1) is 0 Å². The molecule has 0 aliphatic heterocycles. The molecule has 1 aromatic carbocycles. The van der Waals surface area contributed by atoms with Crippen LogP contribution in [0.3, 0.4) is 0 Å². The fourth-order valence-corrected chi connectivity index (χ4v) is 1.72. The van der Waals surface area contributed by atoms with E-state index in [9.17, 15) is 0 Å². The number of hydrogen-bond donors (Lipinski definition) is 1. The van der Waals surface area contributed by atoms with Crippen molar-refractivity contribution in [3.63, 3.8) is 0 Å². The molecule has 1 atom stereocenters. The predicted molar refractivity (Wildman–Crippen MR) is 67.1 cm³/mol. The first-order valence-corrected chi connectivity index (χ1v) is 5.57. The van der Waals surface area contributed by atoms with E-state index >= 15 is 0 Å². The fourth-order valence-electron chi connectivity index (χ4n) is 1.72. The van der Waals surface area contributed by atoms with Gasteiger partial charge in [0.15, 0.2) is 0 Å². The Labute approximate surface area is 93.2 Å². The van der Waals surface area contributed by atoms with E-state index in [-0.39, 0.29) is 0 Å². The summed E-state index contributed by atoms with van der Waals surface area (Å²) in [5.74, 6) is 0. The largest absolute Gasteiger partial charge is 0.313 e. The Hall–Kier alpha value is -1.08. The molecule has 1 N–H and O–H groups in total. The van der Waals surface area contributed by atoms with Gasteiger partial charge in [-0.15, -0.1) is 6.58 Å². The molecule has 1 rings (SSSR count). The molecular weight excluding hydrogens is 182 g/mol. The van der Waals surface area contributed by atoms with Gasteiger partial charge in [-0.25, -0.2) is 0 Å².